The molecule has 1 amide bonds. The number of aliphatic hydroxyl groups excluding tert-OH is 2. The molecule has 68 heavy (non-hydrogen) atoms. The zero-order chi connectivity index (χ0) is 49.3. The van der Waals surface area contributed by atoms with E-state index in [4.69, 9.17) is 4.74 Å². The molecule has 6 heteroatoms. The van der Waals surface area contributed by atoms with Gasteiger partial charge in [-0.2, -0.15) is 0 Å². The Morgan fingerprint density at radius 3 is 1.12 bits per heavy atom. The minimum absolute atomic E-state index is 0.0103. The van der Waals surface area contributed by atoms with E-state index < -0.39 is 12.1 Å². The number of amides is 1. The number of aliphatic hydroxyl groups is 2. The number of hydrogen-bond acceptors (Lipinski definition) is 5. The van der Waals surface area contributed by atoms with Crippen LogP contribution in [0.3, 0.4) is 0 Å². The molecule has 3 N–H and O–H groups in total. The van der Waals surface area contributed by atoms with E-state index in [1.165, 1.54) is 238 Å². The van der Waals surface area contributed by atoms with Crippen LogP contribution in [0, 0.1) is 0 Å². The van der Waals surface area contributed by atoms with Gasteiger partial charge in [0, 0.05) is 12.8 Å². The molecule has 6 nitrogen and oxygen atoms in total. The molecular formula is C62H117NO5. The zero-order valence-electron chi connectivity index (χ0n) is 45.6. The zero-order valence-corrected chi connectivity index (χ0v) is 45.6. The van der Waals surface area contributed by atoms with Crippen LogP contribution in [-0.4, -0.2) is 47.4 Å². The molecule has 0 rings (SSSR count). The lowest BCUT2D eigenvalue weighted by Crippen LogP contribution is -2.45. The van der Waals surface area contributed by atoms with Crippen molar-refractivity contribution in [2.24, 2.45) is 0 Å². The first-order valence-electron chi connectivity index (χ1n) is 30.3. The molecule has 0 radical (unpaired) electrons. The quantitative estimate of drug-likeness (QED) is 0.0321. The Morgan fingerprint density at radius 1 is 0.412 bits per heavy atom. The van der Waals surface area contributed by atoms with Gasteiger partial charge in [-0.1, -0.05) is 281 Å². The van der Waals surface area contributed by atoms with Crippen LogP contribution in [0.4, 0.5) is 0 Å². The molecule has 0 saturated heterocycles. The highest BCUT2D eigenvalue weighted by Gasteiger charge is 2.18. The second-order valence-corrected chi connectivity index (χ2v) is 20.7. The van der Waals surface area contributed by atoms with Gasteiger partial charge >= 0.3 is 5.97 Å². The average Bonchev–Trinajstić information content (AvgIpc) is 3.34. The van der Waals surface area contributed by atoms with Gasteiger partial charge in [0.2, 0.25) is 5.91 Å². The number of esters is 1. The van der Waals surface area contributed by atoms with Crippen LogP contribution >= 0.6 is 0 Å². The fourth-order valence-electron chi connectivity index (χ4n) is 9.25. The Labute approximate surface area is 424 Å². The van der Waals surface area contributed by atoms with E-state index in [2.05, 4.69) is 43.5 Å². The van der Waals surface area contributed by atoms with E-state index in [0.29, 0.717) is 19.4 Å². The Bertz CT molecular complexity index is 1100. The molecule has 0 heterocycles. The van der Waals surface area contributed by atoms with Crippen molar-refractivity contribution < 1.29 is 24.5 Å². The van der Waals surface area contributed by atoms with Crippen molar-refractivity contribution in [3.05, 3.63) is 36.5 Å². The molecule has 0 aliphatic carbocycles. The lowest BCUT2D eigenvalue weighted by Gasteiger charge is -2.20. The van der Waals surface area contributed by atoms with Gasteiger partial charge in [-0.05, 0) is 64.2 Å². The van der Waals surface area contributed by atoms with Crippen LogP contribution < -0.4 is 5.32 Å². The molecular weight excluding hydrogens is 839 g/mol. The van der Waals surface area contributed by atoms with Crippen LogP contribution in [0.25, 0.3) is 0 Å². The summed E-state index contributed by atoms with van der Waals surface area (Å²) >= 11 is 0. The lowest BCUT2D eigenvalue weighted by molar-refractivity contribution is -0.143. The maximum absolute atomic E-state index is 12.4. The molecule has 0 bridgehead atoms. The van der Waals surface area contributed by atoms with Crippen LogP contribution in [0.15, 0.2) is 36.5 Å². The first kappa shape index (κ1) is 66.1. The summed E-state index contributed by atoms with van der Waals surface area (Å²) < 4.78 is 5.49. The van der Waals surface area contributed by atoms with E-state index >= 15 is 0 Å². The normalized spacial score (nSPS) is 12.8. The predicted octanol–water partition coefficient (Wildman–Crippen LogP) is 18.8. The summed E-state index contributed by atoms with van der Waals surface area (Å²) in [5.41, 5.74) is 0. The van der Waals surface area contributed by atoms with Gasteiger partial charge in [-0.3, -0.25) is 9.59 Å². The van der Waals surface area contributed by atoms with Crippen molar-refractivity contribution in [1.82, 2.24) is 5.32 Å². The van der Waals surface area contributed by atoms with Crippen molar-refractivity contribution in [3.63, 3.8) is 0 Å². The van der Waals surface area contributed by atoms with Crippen LogP contribution in [0.1, 0.15) is 322 Å². The molecule has 2 atom stereocenters. The minimum Gasteiger partial charge on any atom is -0.466 e. The third kappa shape index (κ3) is 53.4. The van der Waals surface area contributed by atoms with E-state index in [1.807, 2.05) is 6.08 Å². The van der Waals surface area contributed by atoms with Crippen LogP contribution in [0.5, 0.6) is 0 Å². The van der Waals surface area contributed by atoms with Gasteiger partial charge in [0.25, 0.3) is 0 Å². The Hall–Kier alpha value is -1.92. The standard InChI is InChI=1S/C62H117NO5/c1-3-5-7-9-11-13-15-16-17-25-29-32-36-40-44-48-52-56-62(67)68-57-53-49-45-41-37-33-30-27-24-22-20-18-19-21-23-26-28-31-35-39-43-47-51-55-61(66)63-59(58-64)60(65)54-50-46-42-38-34-14-12-10-8-6-4-2/h18,20-21,23,50,54,59-60,64-65H,3-17,19,22,24-49,51-53,55-58H2,1-2H3,(H,63,66)/b20-18-,23-21-,54-50+. The maximum atomic E-state index is 12.4. The van der Waals surface area contributed by atoms with Gasteiger partial charge in [0.05, 0.1) is 25.4 Å². The smallest absolute Gasteiger partial charge is 0.305 e. The topological polar surface area (TPSA) is 95.9 Å². The van der Waals surface area contributed by atoms with Crippen LogP contribution in [0.2, 0.25) is 0 Å². The highest BCUT2D eigenvalue weighted by molar-refractivity contribution is 5.76. The molecule has 0 saturated carbocycles. The molecule has 0 aromatic heterocycles. The Kier molecular flexibility index (Phi) is 56.0. The van der Waals surface area contributed by atoms with Gasteiger partial charge in [0.1, 0.15) is 0 Å². The monoisotopic (exact) mass is 956 g/mol. The van der Waals surface area contributed by atoms with Crippen molar-refractivity contribution in [2.45, 2.75) is 334 Å². The van der Waals surface area contributed by atoms with E-state index in [-0.39, 0.29) is 18.5 Å². The summed E-state index contributed by atoms with van der Waals surface area (Å²) in [7, 11) is 0. The third-order valence-corrected chi connectivity index (χ3v) is 13.9. The van der Waals surface area contributed by atoms with Gasteiger partial charge in [-0.25, -0.2) is 0 Å². The second-order valence-electron chi connectivity index (χ2n) is 20.7. The number of nitrogens with one attached hydrogen (secondary N) is 1. The maximum Gasteiger partial charge on any atom is 0.305 e. The molecule has 0 spiro atoms. The number of rotatable bonds is 56. The lowest BCUT2D eigenvalue weighted by atomic mass is 10.0. The van der Waals surface area contributed by atoms with Crippen molar-refractivity contribution in [3.8, 4) is 0 Å². The van der Waals surface area contributed by atoms with E-state index in [9.17, 15) is 19.8 Å². The predicted molar refractivity (Wildman–Crippen MR) is 296 cm³/mol. The first-order valence-corrected chi connectivity index (χ1v) is 30.3. The molecule has 2 unspecified atom stereocenters. The van der Waals surface area contributed by atoms with Gasteiger partial charge in [-0.15, -0.1) is 0 Å². The summed E-state index contributed by atoms with van der Waals surface area (Å²) in [6.45, 7) is 4.89. The summed E-state index contributed by atoms with van der Waals surface area (Å²) in [6, 6.07) is -0.634. The summed E-state index contributed by atoms with van der Waals surface area (Å²) in [4.78, 5) is 24.5. The third-order valence-electron chi connectivity index (χ3n) is 13.9. The Balaban J connectivity index is 3.43. The highest BCUT2D eigenvalue weighted by atomic mass is 16.5. The minimum atomic E-state index is -0.850. The van der Waals surface area contributed by atoms with Crippen LogP contribution in [-0.2, 0) is 14.3 Å². The fourth-order valence-corrected chi connectivity index (χ4v) is 9.25. The fraction of sp³-hybridized carbons (Fsp3) is 0.871. The van der Waals surface area contributed by atoms with E-state index in [1.54, 1.807) is 6.08 Å². The van der Waals surface area contributed by atoms with Crippen molar-refractivity contribution in [2.75, 3.05) is 13.2 Å². The highest BCUT2D eigenvalue weighted by Crippen LogP contribution is 2.17. The van der Waals surface area contributed by atoms with Gasteiger partial charge in [0.15, 0.2) is 0 Å². The number of unbranched alkanes of at least 4 members (excludes halogenated alkanes) is 41. The van der Waals surface area contributed by atoms with Gasteiger partial charge < -0.3 is 20.3 Å². The van der Waals surface area contributed by atoms with Crippen molar-refractivity contribution >= 4 is 11.9 Å². The summed E-state index contributed by atoms with van der Waals surface area (Å²) in [6.07, 6.45) is 71.8. The largest absolute Gasteiger partial charge is 0.466 e. The number of ether oxygens (including phenoxy) is 1. The van der Waals surface area contributed by atoms with E-state index in [0.717, 1.165) is 57.8 Å². The first-order chi connectivity index (χ1) is 33.5. The number of carbonyl (C=O) groups is 2. The molecule has 0 aliphatic heterocycles. The molecule has 400 valence electrons. The SMILES string of the molecule is CCCCCCCCCCC/C=C/C(O)C(CO)NC(=O)CCCCCCCCC/C=C\C/C=C\CCCCCCCCCCCOC(=O)CCCCCCCCCCCCCCCCCCC. The molecule has 0 aromatic carbocycles. The van der Waals surface area contributed by atoms with Crippen molar-refractivity contribution in [1.29, 1.82) is 0 Å². The number of allylic oxidation sites excluding steroid dienone is 5. The summed E-state index contributed by atoms with van der Waals surface area (Å²) in [5.74, 6) is -0.0693. The summed E-state index contributed by atoms with van der Waals surface area (Å²) in [5, 5.41) is 23.0. The Morgan fingerprint density at radius 2 is 0.735 bits per heavy atom. The molecule has 0 aliphatic rings. The molecule has 0 aromatic rings. The second kappa shape index (κ2) is 57.7. The molecule has 0 fully saturated rings. The number of hydrogen-bond donors (Lipinski definition) is 3. The number of carbonyl (C=O) groups excluding carboxylic acids is 2. The average molecular weight is 957 g/mol.